The molecule has 5 heteroatoms. The molecule has 0 radical (unpaired) electrons. The number of rotatable bonds is 4. The summed E-state index contributed by atoms with van der Waals surface area (Å²) in [6, 6.07) is 7.32. The van der Waals surface area contributed by atoms with Gasteiger partial charge in [-0.3, -0.25) is 16.3 Å². The molecule has 0 saturated heterocycles. The van der Waals surface area contributed by atoms with Crippen molar-refractivity contribution in [1.82, 2.24) is 10.4 Å². The maximum Gasteiger partial charge on any atom is 0.159 e. The normalized spacial score (nSPS) is 12.4. The lowest BCUT2D eigenvalue weighted by Gasteiger charge is -2.16. The zero-order valence-corrected chi connectivity index (χ0v) is 9.61. The van der Waals surface area contributed by atoms with Gasteiger partial charge in [-0.25, -0.2) is 8.78 Å². The maximum atomic E-state index is 13.1. The summed E-state index contributed by atoms with van der Waals surface area (Å²) < 4.78 is 25.9. The Hall–Kier alpha value is -1.85. The molecule has 2 aromatic rings. The van der Waals surface area contributed by atoms with Crippen LogP contribution in [0.5, 0.6) is 0 Å². The van der Waals surface area contributed by atoms with E-state index in [-0.39, 0.29) is 6.04 Å². The molecule has 0 spiro atoms. The molecule has 1 aromatic heterocycles. The summed E-state index contributed by atoms with van der Waals surface area (Å²) in [6.45, 7) is 0. The van der Waals surface area contributed by atoms with Crippen molar-refractivity contribution in [2.75, 3.05) is 0 Å². The van der Waals surface area contributed by atoms with Crippen LogP contribution in [0.1, 0.15) is 17.2 Å². The molecule has 0 aliphatic carbocycles. The Morgan fingerprint density at radius 3 is 2.44 bits per heavy atom. The largest absolute Gasteiger partial charge is 0.271 e. The number of hydrazine groups is 1. The molecule has 3 nitrogen and oxygen atoms in total. The SMILES string of the molecule is NNC(Cc1ccc(F)c(F)c1)c1ccncc1. The lowest BCUT2D eigenvalue weighted by Crippen LogP contribution is -2.29. The van der Waals surface area contributed by atoms with Crippen LogP contribution in [-0.4, -0.2) is 4.98 Å². The van der Waals surface area contributed by atoms with Gasteiger partial charge in [-0.05, 0) is 41.8 Å². The number of nitrogens with zero attached hydrogens (tertiary/aromatic N) is 1. The third-order valence-corrected chi connectivity index (χ3v) is 2.73. The third-order valence-electron chi connectivity index (χ3n) is 2.73. The Morgan fingerprint density at radius 2 is 1.83 bits per heavy atom. The van der Waals surface area contributed by atoms with E-state index in [1.54, 1.807) is 18.5 Å². The summed E-state index contributed by atoms with van der Waals surface area (Å²) in [5.74, 6) is 3.79. The number of pyridine rings is 1. The van der Waals surface area contributed by atoms with Crippen LogP contribution in [0, 0.1) is 11.6 Å². The molecular formula is C13H13F2N3. The molecular weight excluding hydrogens is 236 g/mol. The van der Waals surface area contributed by atoms with Crippen molar-refractivity contribution in [3.05, 3.63) is 65.5 Å². The number of hydrogen-bond donors (Lipinski definition) is 2. The van der Waals surface area contributed by atoms with Crippen LogP contribution in [0.4, 0.5) is 8.78 Å². The fourth-order valence-electron chi connectivity index (χ4n) is 1.77. The Labute approximate surface area is 104 Å². The second-order valence-corrected chi connectivity index (χ2v) is 3.95. The van der Waals surface area contributed by atoms with Gasteiger partial charge in [-0.15, -0.1) is 0 Å². The summed E-state index contributed by atoms with van der Waals surface area (Å²) in [5, 5.41) is 0. The predicted molar refractivity (Wildman–Crippen MR) is 64.4 cm³/mol. The van der Waals surface area contributed by atoms with E-state index in [0.29, 0.717) is 12.0 Å². The molecule has 94 valence electrons. The van der Waals surface area contributed by atoms with Crippen LogP contribution in [0.15, 0.2) is 42.7 Å². The smallest absolute Gasteiger partial charge is 0.159 e. The van der Waals surface area contributed by atoms with E-state index in [9.17, 15) is 8.78 Å². The minimum atomic E-state index is -0.849. The van der Waals surface area contributed by atoms with Gasteiger partial charge in [-0.1, -0.05) is 6.07 Å². The number of hydrogen-bond acceptors (Lipinski definition) is 3. The highest BCUT2D eigenvalue weighted by atomic mass is 19.2. The average molecular weight is 249 g/mol. The van der Waals surface area contributed by atoms with Gasteiger partial charge in [0.2, 0.25) is 0 Å². The molecule has 3 N–H and O–H groups in total. The Morgan fingerprint density at radius 1 is 1.11 bits per heavy atom. The van der Waals surface area contributed by atoms with Gasteiger partial charge in [0, 0.05) is 12.4 Å². The van der Waals surface area contributed by atoms with Gasteiger partial charge >= 0.3 is 0 Å². The van der Waals surface area contributed by atoms with Gasteiger partial charge in [-0.2, -0.15) is 0 Å². The van der Waals surface area contributed by atoms with Crippen molar-refractivity contribution in [2.45, 2.75) is 12.5 Å². The second-order valence-electron chi connectivity index (χ2n) is 3.95. The molecule has 1 heterocycles. The summed E-state index contributed by atoms with van der Waals surface area (Å²) >= 11 is 0. The first-order valence-electron chi connectivity index (χ1n) is 5.50. The molecule has 0 aliphatic heterocycles. The molecule has 1 aromatic carbocycles. The predicted octanol–water partition coefficient (Wildman–Crippen LogP) is 2.11. The van der Waals surface area contributed by atoms with Crippen molar-refractivity contribution in [2.24, 2.45) is 5.84 Å². The van der Waals surface area contributed by atoms with Crippen molar-refractivity contribution >= 4 is 0 Å². The van der Waals surface area contributed by atoms with Gasteiger partial charge in [0.25, 0.3) is 0 Å². The number of nitrogens with two attached hydrogens (primary N) is 1. The van der Waals surface area contributed by atoms with Crippen LogP contribution in [0.3, 0.4) is 0 Å². The van der Waals surface area contributed by atoms with Crippen LogP contribution < -0.4 is 11.3 Å². The van der Waals surface area contributed by atoms with E-state index in [2.05, 4.69) is 10.4 Å². The van der Waals surface area contributed by atoms with E-state index >= 15 is 0 Å². The zero-order chi connectivity index (χ0) is 13.0. The van der Waals surface area contributed by atoms with Gasteiger partial charge in [0.1, 0.15) is 0 Å². The molecule has 1 unspecified atom stereocenters. The van der Waals surface area contributed by atoms with Crippen LogP contribution in [-0.2, 0) is 6.42 Å². The number of aromatic nitrogens is 1. The minimum absolute atomic E-state index is 0.169. The summed E-state index contributed by atoms with van der Waals surface area (Å²) in [4.78, 5) is 3.92. The van der Waals surface area contributed by atoms with Gasteiger partial charge < -0.3 is 0 Å². The molecule has 0 aliphatic rings. The summed E-state index contributed by atoms with van der Waals surface area (Å²) in [7, 11) is 0. The number of nitrogens with one attached hydrogen (secondary N) is 1. The topological polar surface area (TPSA) is 50.9 Å². The summed E-state index contributed by atoms with van der Waals surface area (Å²) in [5.41, 5.74) is 4.27. The van der Waals surface area contributed by atoms with E-state index in [4.69, 9.17) is 5.84 Å². The number of benzene rings is 1. The van der Waals surface area contributed by atoms with Crippen LogP contribution in [0.2, 0.25) is 0 Å². The van der Waals surface area contributed by atoms with Crippen molar-refractivity contribution in [3.8, 4) is 0 Å². The fourth-order valence-corrected chi connectivity index (χ4v) is 1.77. The monoisotopic (exact) mass is 249 g/mol. The Bertz CT molecular complexity index is 517. The summed E-state index contributed by atoms with van der Waals surface area (Å²) in [6.07, 6.45) is 3.79. The first-order chi connectivity index (χ1) is 8.70. The van der Waals surface area contributed by atoms with E-state index < -0.39 is 11.6 Å². The lowest BCUT2D eigenvalue weighted by atomic mass is 10.0. The highest BCUT2D eigenvalue weighted by Gasteiger charge is 2.11. The molecule has 0 amide bonds. The van der Waals surface area contributed by atoms with Crippen molar-refractivity contribution in [3.63, 3.8) is 0 Å². The van der Waals surface area contributed by atoms with E-state index in [0.717, 1.165) is 11.6 Å². The molecule has 1 atom stereocenters. The molecule has 2 rings (SSSR count). The van der Waals surface area contributed by atoms with Gasteiger partial charge in [0.15, 0.2) is 11.6 Å². The molecule has 0 saturated carbocycles. The quantitative estimate of drug-likeness (QED) is 0.644. The van der Waals surface area contributed by atoms with Crippen LogP contribution in [0.25, 0.3) is 0 Å². The van der Waals surface area contributed by atoms with E-state index in [1.807, 2.05) is 12.1 Å². The first kappa shape index (κ1) is 12.6. The third kappa shape index (κ3) is 2.88. The Balaban J connectivity index is 2.18. The average Bonchev–Trinajstić information content (AvgIpc) is 2.41. The lowest BCUT2D eigenvalue weighted by molar-refractivity contribution is 0.502. The van der Waals surface area contributed by atoms with Crippen molar-refractivity contribution in [1.29, 1.82) is 0 Å². The maximum absolute atomic E-state index is 13.1. The first-order valence-corrected chi connectivity index (χ1v) is 5.50. The van der Waals surface area contributed by atoms with E-state index in [1.165, 1.54) is 6.07 Å². The van der Waals surface area contributed by atoms with Crippen molar-refractivity contribution < 1.29 is 8.78 Å². The highest BCUT2D eigenvalue weighted by Crippen LogP contribution is 2.18. The molecule has 0 bridgehead atoms. The minimum Gasteiger partial charge on any atom is -0.271 e. The molecule has 0 fully saturated rings. The standard InChI is InChI=1S/C13H13F2N3/c14-11-2-1-9(7-12(11)15)8-13(18-16)10-3-5-17-6-4-10/h1-7,13,18H,8,16H2. The highest BCUT2D eigenvalue weighted by molar-refractivity contribution is 5.23. The fraction of sp³-hybridized carbons (Fsp3) is 0.154. The van der Waals surface area contributed by atoms with Gasteiger partial charge in [0.05, 0.1) is 6.04 Å². The van der Waals surface area contributed by atoms with Crippen LogP contribution >= 0.6 is 0 Å². The zero-order valence-electron chi connectivity index (χ0n) is 9.61. The number of halogens is 2. The Kier molecular flexibility index (Phi) is 3.96. The second kappa shape index (κ2) is 5.66. The molecule has 18 heavy (non-hydrogen) atoms.